The van der Waals surface area contributed by atoms with Crippen LogP contribution in [0.2, 0.25) is 0 Å². The molecule has 2 aromatic heterocycles. The lowest BCUT2D eigenvalue weighted by molar-refractivity contribution is 0.0978. The standard InChI is InChI=1S/C29H28FN3O5S.2H2/c1-17(2)37-23-15-21(14-22(30)16-23)25-11-10-24(29(32-25)38-26-12-9-18(3)13-19(26)4)28(34)33-39(35,36)27-8-6-7-20(5)31-27;;/h6-17H,1-5H3,(H,33,34);2*1H. The molecule has 0 saturated heterocycles. The summed E-state index contributed by atoms with van der Waals surface area (Å²) in [4.78, 5) is 21.7. The number of carbonyl (C=O) groups is 1. The number of halogens is 1. The molecule has 39 heavy (non-hydrogen) atoms. The van der Waals surface area contributed by atoms with Gasteiger partial charge in [0.25, 0.3) is 15.9 Å². The molecule has 0 aliphatic carbocycles. The number of pyridine rings is 2. The molecule has 4 rings (SSSR count). The van der Waals surface area contributed by atoms with E-state index in [2.05, 4.69) is 9.97 Å². The van der Waals surface area contributed by atoms with Gasteiger partial charge in [-0.3, -0.25) is 4.79 Å². The van der Waals surface area contributed by atoms with Gasteiger partial charge < -0.3 is 9.47 Å². The zero-order valence-corrected chi connectivity index (χ0v) is 23.0. The van der Waals surface area contributed by atoms with Crippen LogP contribution < -0.4 is 14.2 Å². The Kier molecular flexibility index (Phi) is 7.96. The molecule has 0 fully saturated rings. The van der Waals surface area contributed by atoms with E-state index < -0.39 is 21.7 Å². The number of benzene rings is 2. The van der Waals surface area contributed by atoms with Crippen molar-refractivity contribution in [2.75, 3.05) is 0 Å². The third-order valence-electron chi connectivity index (χ3n) is 5.55. The zero-order valence-electron chi connectivity index (χ0n) is 22.2. The maximum absolute atomic E-state index is 14.4. The van der Waals surface area contributed by atoms with Crippen molar-refractivity contribution in [3.05, 3.63) is 94.9 Å². The summed E-state index contributed by atoms with van der Waals surface area (Å²) in [5.74, 6) is -0.900. The highest BCUT2D eigenvalue weighted by Crippen LogP contribution is 2.32. The minimum atomic E-state index is -4.28. The smallest absolute Gasteiger partial charge is 0.281 e. The van der Waals surface area contributed by atoms with Crippen LogP contribution in [0.1, 0.15) is 43.9 Å². The molecule has 0 aliphatic heterocycles. The molecule has 1 N–H and O–H groups in total. The number of carbonyl (C=O) groups excluding carboxylic acids is 1. The van der Waals surface area contributed by atoms with E-state index in [-0.39, 0.29) is 25.4 Å². The maximum Gasteiger partial charge on any atom is 0.281 e. The summed E-state index contributed by atoms with van der Waals surface area (Å²) < 4.78 is 53.9. The van der Waals surface area contributed by atoms with Crippen molar-refractivity contribution in [2.24, 2.45) is 0 Å². The highest BCUT2D eigenvalue weighted by Gasteiger charge is 2.24. The van der Waals surface area contributed by atoms with Gasteiger partial charge in [-0.15, -0.1) is 0 Å². The highest BCUT2D eigenvalue weighted by molar-refractivity contribution is 7.90. The summed E-state index contributed by atoms with van der Waals surface area (Å²) in [5, 5.41) is -0.297. The fourth-order valence-electron chi connectivity index (χ4n) is 3.82. The van der Waals surface area contributed by atoms with Crippen molar-refractivity contribution in [2.45, 2.75) is 45.7 Å². The van der Waals surface area contributed by atoms with Crippen LogP contribution in [0.4, 0.5) is 4.39 Å². The monoisotopic (exact) mass is 553 g/mol. The SMILES string of the molecule is Cc1ccc(Oc2nc(-c3cc(F)cc(OC(C)C)c3)ccc2C(=O)NS(=O)(=O)c2cccc(C)n2)c(C)c1.[HH].[HH]. The van der Waals surface area contributed by atoms with E-state index in [4.69, 9.17) is 9.47 Å². The van der Waals surface area contributed by atoms with Crippen molar-refractivity contribution < 1.29 is 29.9 Å². The van der Waals surface area contributed by atoms with Crippen molar-refractivity contribution in [1.29, 1.82) is 0 Å². The Morgan fingerprint density at radius 3 is 2.44 bits per heavy atom. The fourth-order valence-corrected chi connectivity index (χ4v) is 4.80. The van der Waals surface area contributed by atoms with Gasteiger partial charge >= 0.3 is 0 Å². The lowest BCUT2D eigenvalue weighted by Crippen LogP contribution is -2.31. The lowest BCUT2D eigenvalue weighted by Gasteiger charge is -2.15. The summed E-state index contributed by atoms with van der Waals surface area (Å²) in [6.07, 6.45) is -0.174. The predicted octanol–water partition coefficient (Wildman–Crippen LogP) is 6.40. The first-order chi connectivity index (χ1) is 18.4. The van der Waals surface area contributed by atoms with E-state index in [9.17, 15) is 17.6 Å². The van der Waals surface area contributed by atoms with Crippen molar-refractivity contribution in [3.63, 3.8) is 0 Å². The van der Waals surface area contributed by atoms with E-state index >= 15 is 0 Å². The average molecular weight is 554 g/mol. The summed E-state index contributed by atoms with van der Waals surface area (Å²) in [6.45, 7) is 9.06. The Bertz CT molecular complexity index is 1670. The van der Waals surface area contributed by atoms with E-state index in [0.29, 0.717) is 28.5 Å². The third kappa shape index (κ3) is 6.77. The molecule has 0 unspecified atom stereocenters. The summed E-state index contributed by atoms with van der Waals surface area (Å²) in [6, 6.07) is 17.0. The molecule has 0 aliphatic rings. The number of aryl methyl sites for hydroxylation is 3. The number of ether oxygens (including phenoxy) is 2. The van der Waals surface area contributed by atoms with Crippen LogP contribution in [0.3, 0.4) is 0 Å². The van der Waals surface area contributed by atoms with Crippen LogP contribution in [0, 0.1) is 26.6 Å². The molecule has 8 nitrogen and oxygen atoms in total. The molecule has 0 spiro atoms. The number of hydrogen-bond acceptors (Lipinski definition) is 7. The molecule has 0 saturated carbocycles. The molecule has 0 bridgehead atoms. The van der Waals surface area contributed by atoms with Crippen LogP contribution in [0.15, 0.2) is 71.8 Å². The predicted molar refractivity (Wildman–Crippen MR) is 149 cm³/mol. The summed E-state index contributed by atoms with van der Waals surface area (Å²) in [5.41, 5.74) is 2.82. The minimum absolute atomic E-state index is 0. The van der Waals surface area contributed by atoms with Crippen molar-refractivity contribution in [3.8, 4) is 28.6 Å². The third-order valence-corrected chi connectivity index (χ3v) is 6.78. The van der Waals surface area contributed by atoms with Gasteiger partial charge in [-0.1, -0.05) is 23.8 Å². The van der Waals surface area contributed by atoms with Crippen LogP contribution in [0.25, 0.3) is 11.3 Å². The van der Waals surface area contributed by atoms with Crippen LogP contribution in [-0.2, 0) is 10.0 Å². The molecular weight excluding hydrogens is 521 g/mol. The van der Waals surface area contributed by atoms with E-state index in [1.807, 2.05) is 44.5 Å². The normalized spacial score (nSPS) is 11.4. The van der Waals surface area contributed by atoms with E-state index in [0.717, 1.165) is 11.1 Å². The van der Waals surface area contributed by atoms with Gasteiger partial charge in [-0.2, -0.15) is 8.42 Å². The fraction of sp³-hybridized carbons (Fsp3) is 0.207. The second-order valence-electron chi connectivity index (χ2n) is 9.31. The van der Waals surface area contributed by atoms with Gasteiger partial charge in [0.15, 0.2) is 5.03 Å². The maximum atomic E-state index is 14.4. The number of rotatable bonds is 8. The van der Waals surface area contributed by atoms with Crippen LogP contribution in [-0.4, -0.2) is 30.4 Å². The van der Waals surface area contributed by atoms with Crippen molar-refractivity contribution >= 4 is 15.9 Å². The van der Waals surface area contributed by atoms with Gasteiger partial charge in [0, 0.05) is 20.2 Å². The number of nitrogens with one attached hydrogen (secondary N) is 1. The largest absolute Gasteiger partial charge is 0.491 e. The number of amides is 1. The molecule has 206 valence electrons. The first kappa shape index (κ1) is 27.7. The average Bonchev–Trinajstić information content (AvgIpc) is 2.84. The number of sulfonamides is 1. The topological polar surface area (TPSA) is 107 Å². The molecule has 0 atom stereocenters. The van der Waals surface area contributed by atoms with Gasteiger partial charge in [0.1, 0.15) is 22.9 Å². The zero-order chi connectivity index (χ0) is 28.3. The second-order valence-corrected chi connectivity index (χ2v) is 10.9. The Hall–Kier alpha value is -4.31. The molecule has 4 aromatic rings. The molecule has 2 aromatic carbocycles. The first-order valence-electron chi connectivity index (χ1n) is 12.2. The lowest BCUT2D eigenvalue weighted by atomic mass is 10.1. The molecular formula is C29H32FN3O5S. The van der Waals surface area contributed by atoms with Crippen LogP contribution in [0.5, 0.6) is 17.4 Å². The minimum Gasteiger partial charge on any atom is -0.491 e. The van der Waals surface area contributed by atoms with Gasteiger partial charge in [-0.25, -0.2) is 19.1 Å². The van der Waals surface area contributed by atoms with Crippen LogP contribution >= 0.6 is 0 Å². The van der Waals surface area contributed by atoms with Gasteiger partial charge in [-0.05, 0) is 82.6 Å². The summed E-state index contributed by atoms with van der Waals surface area (Å²) >= 11 is 0. The van der Waals surface area contributed by atoms with E-state index in [1.165, 1.54) is 36.4 Å². The summed E-state index contributed by atoms with van der Waals surface area (Å²) in [7, 11) is -4.28. The Morgan fingerprint density at radius 1 is 0.974 bits per heavy atom. The molecule has 0 radical (unpaired) electrons. The quantitative estimate of drug-likeness (QED) is 0.269. The number of nitrogens with zero attached hydrogens (tertiary/aromatic N) is 2. The molecule has 1 amide bonds. The first-order valence-corrected chi connectivity index (χ1v) is 13.6. The molecule has 2 heterocycles. The number of aromatic nitrogens is 2. The Labute approximate surface area is 229 Å². The highest BCUT2D eigenvalue weighted by atomic mass is 32.2. The Morgan fingerprint density at radius 2 is 1.74 bits per heavy atom. The second kappa shape index (κ2) is 11.2. The van der Waals surface area contributed by atoms with Crippen molar-refractivity contribution in [1.82, 2.24) is 14.7 Å². The van der Waals surface area contributed by atoms with Gasteiger partial charge in [0.05, 0.1) is 11.8 Å². The molecule has 10 heteroatoms. The van der Waals surface area contributed by atoms with Gasteiger partial charge in [0.2, 0.25) is 5.88 Å². The Balaban J connectivity index is 0.00000294. The van der Waals surface area contributed by atoms with E-state index in [1.54, 1.807) is 25.1 Å². The number of hydrogen-bond donors (Lipinski definition) is 1.